The van der Waals surface area contributed by atoms with Gasteiger partial charge in [0.25, 0.3) is 0 Å². The minimum absolute atomic E-state index is 0.230. The molecule has 0 amide bonds. The molecule has 4 saturated carbocycles. The van der Waals surface area contributed by atoms with Gasteiger partial charge in [0.2, 0.25) is 10.0 Å². The number of hydrogen-bond donors (Lipinski definition) is 1. The second-order valence-electron chi connectivity index (χ2n) is 9.33. The van der Waals surface area contributed by atoms with Crippen LogP contribution in [0.1, 0.15) is 57.9 Å². The third-order valence-electron chi connectivity index (χ3n) is 6.31. The summed E-state index contributed by atoms with van der Waals surface area (Å²) in [5, 5.41) is 0. The Morgan fingerprint density at radius 1 is 0.957 bits per heavy atom. The van der Waals surface area contributed by atoms with Crippen LogP contribution in [0.3, 0.4) is 0 Å². The van der Waals surface area contributed by atoms with Gasteiger partial charge in [0.15, 0.2) is 0 Å². The molecule has 126 valence electrons. The highest BCUT2D eigenvalue weighted by atomic mass is 32.2. The summed E-state index contributed by atoms with van der Waals surface area (Å²) in [5.74, 6) is 0.682. The molecule has 4 heteroatoms. The molecular weight excluding hydrogens is 306 g/mol. The largest absolute Gasteiger partial charge is 0.241 e. The van der Waals surface area contributed by atoms with E-state index in [0.29, 0.717) is 21.6 Å². The molecule has 0 aliphatic heterocycles. The van der Waals surface area contributed by atoms with Crippen molar-refractivity contribution in [3.8, 4) is 0 Å². The van der Waals surface area contributed by atoms with Crippen molar-refractivity contribution in [3.05, 3.63) is 29.8 Å². The minimum Gasteiger partial charge on any atom is -0.207 e. The molecule has 0 heterocycles. The molecule has 2 unspecified atom stereocenters. The molecule has 3 nitrogen and oxygen atoms in total. The van der Waals surface area contributed by atoms with E-state index >= 15 is 0 Å². The summed E-state index contributed by atoms with van der Waals surface area (Å²) >= 11 is 0. The van der Waals surface area contributed by atoms with Gasteiger partial charge in [-0.25, -0.2) is 13.1 Å². The van der Waals surface area contributed by atoms with Gasteiger partial charge in [0, 0.05) is 5.54 Å². The lowest BCUT2D eigenvalue weighted by Gasteiger charge is -2.65. The number of benzene rings is 1. The molecule has 4 fully saturated rings. The van der Waals surface area contributed by atoms with Gasteiger partial charge in [-0.3, -0.25) is 0 Å². The Hall–Kier alpha value is -0.870. The lowest BCUT2D eigenvalue weighted by Crippen LogP contribution is -2.65. The number of nitrogens with one attached hydrogen (secondary N) is 1. The summed E-state index contributed by atoms with van der Waals surface area (Å²) in [6.45, 7) is 6.71. The van der Waals surface area contributed by atoms with Gasteiger partial charge in [-0.1, -0.05) is 31.5 Å². The van der Waals surface area contributed by atoms with Gasteiger partial charge in [0.1, 0.15) is 0 Å². The van der Waals surface area contributed by atoms with Crippen molar-refractivity contribution in [2.24, 2.45) is 16.7 Å². The molecule has 4 aliphatic carbocycles. The fraction of sp³-hybridized carbons (Fsp3) is 0.684. The van der Waals surface area contributed by atoms with Crippen molar-refractivity contribution in [2.45, 2.75) is 69.7 Å². The number of aryl methyl sites for hydroxylation is 1. The average molecular weight is 333 g/mol. The van der Waals surface area contributed by atoms with Crippen molar-refractivity contribution in [1.82, 2.24) is 4.72 Å². The van der Waals surface area contributed by atoms with Crippen LogP contribution in [-0.2, 0) is 10.0 Å². The number of rotatable bonds is 3. The Kier molecular flexibility index (Phi) is 3.13. The third-order valence-corrected chi connectivity index (χ3v) is 7.90. The Balaban J connectivity index is 1.67. The molecule has 4 aliphatic rings. The Labute approximate surface area is 139 Å². The van der Waals surface area contributed by atoms with Crippen LogP contribution >= 0.6 is 0 Å². The highest BCUT2D eigenvalue weighted by Crippen LogP contribution is 2.66. The van der Waals surface area contributed by atoms with Crippen LogP contribution in [0, 0.1) is 23.7 Å². The summed E-state index contributed by atoms with van der Waals surface area (Å²) in [5.41, 5.74) is 1.47. The topological polar surface area (TPSA) is 46.2 Å². The predicted octanol–water partition coefficient (Wildman–Crippen LogP) is 4.02. The van der Waals surface area contributed by atoms with Gasteiger partial charge < -0.3 is 0 Å². The molecule has 0 radical (unpaired) electrons. The van der Waals surface area contributed by atoms with Crippen LogP contribution in [0.5, 0.6) is 0 Å². The molecule has 4 atom stereocenters. The van der Waals surface area contributed by atoms with Crippen LogP contribution in [0.15, 0.2) is 29.2 Å². The van der Waals surface area contributed by atoms with Gasteiger partial charge in [-0.2, -0.15) is 0 Å². The average Bonchev–Trinajstić information content (AvgIpc) is 2.33. The van der Waals surface area contributed by atoms with Crippen molar-refractivity contribution < 1.29 is 8.42 Å². The van der Waals surface area contributed by atoms with E-state index in [1.807, 2.05) is 19.1 Å². The highest BCUT2D eigenvalue weighted by molar-refractivity contribution is 7.89. The SMILES string of the molecule is Cc1ccc(S(=O)(=O)NC23CC4C[C@@](C)(C2)C[C@](C)(C4)C3)cc1. The smallest absolute Gasteiger partial charge is 0.207 e. The van der Waals surface area contributed by atoms with E-state index < -0.39 is 10.0 Å². The lowest BCUT2D eigenvalue weighted by molar-refractivity contribution is -0.110. The standard InChI is InChI=1S/C19H27NO2S/c1-14-4-6-16(7-5-14)23(21,22)20-19-10-15-8-17(2,12-19)11-18(3,9-15)13-19/h4-7,15,20H,8-13H2,1-3H3/t15?,17-,18+,19?. The van der Waals surface area contributed by atoms with Crippen LogP contribution in [-0.4, -0.2) is 14.0 Å². The van der Waals surface area contributed by atoms with Crippen molar-refractivity contribution >= 4 is 10.0 Å². The van der Waals surface area contributed by atoms with Crippen LogP contribution in [0.4, 0.5) is 0 Å². The first kappa shape index (κ1) is 15.6. The minimum atomic E-state index is -3.44. The molecule has 1 N–H and O–H groups in total. The molecule has 1 aromatic rings. The first-order valence-electron chi connectivity index (χ1n) is 8.72. The molecule has 23 heavy (non-hydrogen) atoms. The van der Waals surface area contributed by atoms with E-state index in [1.165, 1.54) is 19.3 Å². The van der Waals surface area contributed by atoms with Gasteiger partial charge in [-0.05, 0) is 74.3 Å². The molecule has 1 aromatic carbocycles. The highest BCUT2D eigenvalue weighted by Gasteiger charge is 2.61. The maximum Gasteiger partial charge on any atom is 0.241 e. The van der Waals surface area contributed by atoms with Crippen molar-refractivity contribution in [1.29, 1.82) is 0 Å². The second kappa shape index (κ2) is 4.60. The molecular formula is C19H27NO2S. The van der Waals surface area contributed by atoms with E-state index in [0.717, 1.165) is 24.8 Å². The van der Waals surface area contributed by atoms with E-state index in [4.69, 9.17) is 0 Å². The number of sulfonamides is 1. The van der Waals surface area contributed by atoms with E-state index in [2.05, 4.69) is 18.6 Å². The molecule has 0 saturated heterocycles. The Bertz CT molecular complexity index is 719. The Morgan fingerprint density at radius 2 is 1.52 bits per heavy atom. The zero-order valence-corrected chi connectivity index (χ0v) is 15.2. The summed E-state index contributed by atoms with van der Waals surface area (Å²) in [6, 6.07) is 7.19. The van der Waals surface area contributed by atoms with E-state index in [9.17, 15) is 8.42 Å². The van der Waals surface area contributed by atoms with Crippen LogP contribution in [0.2, 0.25) is 0 Å². The zero-order chi connectivity index (χ0) is 16.5. The van der Waals surface area contributed by atoms with E-state index in [1.54, 1.807) is 12.1 Å². The molecule has 0 aromatic heterocycles. The van der Waals surface area contributed by atoms with Gasteiger partial charge >= 0.3 is 0 Å². The lowest BCUT2D eigenvalue weighted by atomic mass is 9.43. The monoisotopic (exact) mass is 333 g/mol. The van der Waals surface area contributed by atoms with Crippen LogP contribution < -0.4 is 4.72 Å². The molecule has 0 spiro atoms. The fourth-order valence-corrected chi connectivity index (χ4v) is 8.03. The third kappa shape index (κ3) is 2.64. The molecule has 4 bridgehead atoms. The maximum atomic E-state index is 12.9. The zero-order valence-electron chi connectivity index (χ0n) is 14.4. The summed E-state index contributed by atoms with van der Waals surface area (Å²) in [7, 11) is -3.44. The number of hydrogen-bond acceptors (Lipinski definition) is 2. The fourth-order valence-electron chi connectivity index (χ4n) is 6.62. The summed E-state index contributed by atoms with van der Waals surface area (Å²) in [6.07, 6.45) is 6.81. The van der Waals surface area contributed by atoms with Crippen LogP contribution in [0.25, 0.3) is 0 Å². The first-order valence-corrected chi connectivity index (χ1v) is 10.2. The predicted molar refractivity (Wildman–Crippen MR) is 91.6 cm³/mol. The second-order valence-corrected chi connectivity index (χ2v) is 11.0. The molecule has 5 rings (SSSR count). The summed E-state index contributed by atoms with van der Waals surface area (Å²) in [4.78, 5) is 0.397. The maximum absolute atomic E-state index is 12.9. The van der Waals surface area contributed by atoms with E-state index in [-0.39, 0.29) is 5.54 Å². The Morgan fingerprint density at radius 3 is 2.04 bits per heavy atom. The summed E-state index contributed by atoms with van der Waals surface area (Å²) < 4.78 is 29.0. The normalized spacial score (nSPS) is 42.1. The van der Waals surface area contributed by atoms with Gasteiger partial charge in [0.05, 0.1) is 4.90 Å². The first-order chi connectivity index (χ1) is 10.6. The quantitative estimate of drug-likeness (QED) is 0.908. The van der Waals surface area contributed by atoms with Gasteiger partial charge in [-0.15, -0.1) is 0 Å². The van der Waals surface area contributed by atoms with Crippen molar-refractivity contribution in [3.63, 3.8) is 0 Å². The van der Waals surface area contributed by atoms with Crippen molar-refractivity contribution in [2.75, 3.05) is 0 Å².